The van der Waals surface area contributed by atoms with Crippen LogP contribution in [0.5, 0.6) is 11.5 Å². The molecule has 4 aliphatic rings. The minimum Gasteiger partial charge on any atom is -0.488 e. The minimum atomic E-state index is -0.779. The highest BCUT2D eigenvalue weighted by Gasteiger charge is 2.38. The number of rotatable bonds is 14. The predicted molar refractivity (Wildman–Crippen MR) is 221 cm³/mol. The molecule has 2 saturated heterocycles. The SMILES string of the molecule is CON[C@H](C(=O)N1CCC[C@H]1c1ncc(-c2ccc3c(c2)OCC2=C3C(C)Oc3cc(-c4cnc([C@@H]5CCCN5C(CC(C)C)OC(N)OC)[nH]4)ccc32)[nH]1)C(C)C. The van der Waals surface area contributed by atoms with Gasteiger partial charge in [-0.15, -0.1) is 0 Å². The number of methoxy groups -OCH3 is 1. The van der Waals surface area contributed by atoms with Crippen LogP contribution in [0.4, 0.5) is 0 Å². The third kappa shape index (κ3) is 7.81. The number of aromatic amines is 2. The van der Waals surface area contributed by atoms with E-state index >= 15 is 0 Å². The van der Waals surface area contributed by atoms with Crippen molar-refractivity contribution in [2.75, 3.05) is 33.9 Å². The van der Waals surface area contributed by atoms with E-state index in [1.54, 1.807) is 14.2 Å². The fourth-order valence-electron chi connectivity index (χ4n) is 9.10. The molecule has 14 nitrogen and oxygen atoms in total. The van der Waals surface area contributed by atoms with Crippen LogP contribution in [0.3, 0.4) is 0 Å². The molecule has 0 spiro atoms. The number of amides is 1. The quantitative estimate of drug-likeness (QED) is 0.0784. The van der Waals surface area contributed by atoms with Crippen molar-refractivity contribution in [2.45, 2.75) is 104 Å². The summed E-state index contributed by atoms with van der Waals surface area (Å²) in [7, 11) is 3.11. The molecule has 3 unspecified atom stereocenters. The van der Waals surface area contributed by atoms with Gasteiger partial charge < -0.3 is 38.7 Å². The number of hydrogen-bond acceptors (Lipinski definition) is 11. The molecule has 1 amide bonds. The Labute approximate surface area is 340 Å². The maximum Gasteiger partial charge on any atom is 0.242 e. The number of hydrogen-bond donors (Lipinski definition) is 4. The summed E-state index contributed by atoms with van der Waals surface area (Å²) in [5, 5.41) is 0. The first-order valence-electron chi connectivity index (χ1n) is 20.7. The number of aromatic nitrogens is 4. The summed E-state index contributed by atoms with van der Waals surface area (Å²) in [4.78, 5) is 39.7. The monoisotopic (exact) mass is 794 g/mol. The first-order chi connectivity index (χ1) is 28.0. The average Bonchev–Trinajstić information content (AvgIpc) is 4.05. The van der Waals surface area contributed by atoms with E-state index in [-0.39, 0.29) is 36.2 Å². The van der Waals surface area contributed by atoms with Gasteiger partial charge in [0.2, 0.25) is 12.3 Å². The Bertz CT molecular complexity index is 2130. The van der Waals surface area contributed by atoms with Crippen molar-refractivity contribution in [2.24, 2.45) is 17.6 Å². The zero-order valence-electron chi connectivity index (χ0n) is 34.7. The fourth-order valence-corrected chi connectivity index (χ4v) is 9.10. The standard InChI is InChI=1S/C44H58N8O6/c1-24(2)18-38(58-44(45)54-6)51-16-8-10-34(51)41-46-22-33(48-41)28-12-14-29-31-23-56-36-19-27(13-15-30(36)39(31)26(5)57-37(29)20-28)32-21-47-42(49-32)35-11-9-17-52(35)43(53)40(25(3)4)50-55-7/h12-15,19-22,24-26,34-35,38,40,44,50H,8-11,16-18,23,45H2,1-7H3,(H,46,48)(H,47,49)/t26?,34-,35-,38?,40-,44?/m0/s1. The molecule has 2 fully saturated rings. The first-order valence-corrected chi connectivity index (χ1v) is 20.7. The third-order valence-electron chi connectivity index (χ3n) is 12.0. The molecule has 0 aliphatic carbocycles. The van der Waals surface area contributed by atoms with Crippen LogP contribution in [0.15, 0.2) is 48.8 Å². The van der Waals surface area contributed by atoms with E-state index in [0.29, 0.717) is 19.1 Å². The zero-order valence-corrected chi connectivity index (χ0v) is 34.7. The Morgan fingerprint density at radius 2 is 1.59 bits per heavy atom. The molecule has 0 radical (unpaired) electrons. The molecular weight excluding hydrogens is 737 g/mol. The number of nitrogens with two attached hydrogens (primary N) is 1. The van der Waals surface area contributed by atoms with E-state index in [1.807, 2.05) is 31.1 Å². The molecule has 58 heavy (non-hydrogen) atoms. The van der Waals surface area contributed by atoms with Crippen molar-refractivity contribution >= 4 is 17.1 Å². The number of carbonyl (C=O) groups is 1. The Kier molecular flexibility index (Phi) is 11.8. The molecule has 0 saturated carbocycles. The molecule has 310 valence electrons. The number of H-pyrrole nitrogens is 2. The third-order valence-corrected chi connectivity index (χ3v) is 12.0. The van der Waals surface area contributed by atoms with Crippen molar-refractivity contribution in [3.63, 3.8) is 0 Å². The lowest BCUT2D eigenvalue weighted by molar-refractivity contribution is -0.200. The van der Waals surface area contributed by atoms with Crippen molar-refractivity contribution in [1.82, 2.24) is 35.2 Å². The predicted octanol–water partition coefficient (Wildman–Crippen LogP) is 6.80. The van der Waals surface area contributed by atoms with Crippen molar-refractivity contribution in [3.05, 3.63) is 71.6 Å². The summed E-state index contributed by atoms with van der Waals surface area (Å²) in [5.74, 6) is 3.88. The lowest BCUT2D eigenvalue weighted by Crippen LogP contribution is -2.48. The van der Waals surface area contributed by atoms with Crippen LogP contribution in [-0.4, -0.2) is 94.3 Å². The molecular formula is C44H58N8O6. The van der Waals surface area contributed by atoms with Gasteiger partial charge in [0.05, 0.1) is 43.0 Å². The topological polar surface area (TPSA) is 165 Å². The number of ether oxygens (including phenoxy) is 4. The Morgan fingerprint density at radius 3 is 2.26 bits per heavy atom. The number of hydroxylamine groups is 1. The van der Waals surface area contributed by atoms with E-state index in [2.05, 4.69) is 77.5 Å². The summed E-state index contributed by atoms with van der Waals surface area (Å²) < 4.78 is 24.5. The van der Waals surface area contributed by atoms with Crippen molar-refractivity contribution in [3.8, 4) is 34.0 Å². The highest BCUT2D eigenvalue weighted by Crippen LogP contribution is 2.48. The van der Waals surface area contributed by atoms with Gasteiger partial charge in [-0.1, -0.05) is 52.0 Å². The Hall–Kier alpha value is -4.57. The average molecular weight is 795 g/mol. The molecule has 2 aromatic heterocycles. The van der Waals surface area contributed by atoms with Gasteiger partial charge in [-0.05, 0) is 63.0 Å². The highest BCUT2D eigenvalue weighted by atomic mass is 16.7. The number of likely N-dealkylation sites (tertiary alicyclic amines) is 2. The maximum absolute atomic E-state index is 13.5. The van der Waals surface area contributed by atoms with Gasteiger partial charge in [0.25, 0.3) is 0 Å². The van der Waals surface area contributed by atoms with Crippen LogP contribution >= 0.6 is 0 Å². The molecule has 8 rings (SSSR count). The van der Waals surface area contributed by atoms with Gasteiger partial charge in [0, 0.05) is 53.6 Å². The first kappa shape index (κ1) is 40.2. The molecule has 2 aromatic carbocycles. The van der Waals surface area contributed by atoms with Crippen molar-refractivity contribution in [1.29, 1.82) is 0 Å². The summed E-state index contributed by atoms with van der Waals surface area (Å²) >= 11 is 0. The number of carbonyl (C=O) groups excluding carboxylic acids is 1. The molecule has 6 heterocycles. The van der Waals surface area contributed by atoms with Gasteiger partial charge in [-0.3, -0.25) is 15.4 Å². The number of imidazole rings is 2. The fraction of sp³-hybridized carbons (Fsp3) is 0.523. The largest absolute Gasteiger partial charge is 0.488 e. The molecule has 0 bridgehead atoms. The van der Waals surface area contributed by atoms with Gasteiger partial charge in [0.1, 0.15) is 48.1 Å². The second kappa shape index (κ2) is 17.0. The zero-order chi connectivity index (χ0) is 40.7. The van der Waals surface area contributed by atoms with Crippen LogP contribution in [0.1, 0.15) is 102 Å². The summed E-state index contributed by atoms with van der Waals surface area (Å²) in [5.41, 5.74) is 17.1. The van der Waals surface area contributed by atoms with E-state index in [1.165, 1.54) is 0 Å². The van der Waals surface area contributed by atoms with Crippen molar-refractivity contribution < 1.29 is 28.6 Å². The minimum absolute atomic E-state index is 0.0263. The molecule has 6 atom stereocenters. The lowest BCUT2D eigenvalue weighted by Gasteiger charge is -2.34. The molecule has 4 aliphatic heterocycles. The molecule has 14 heteroatoms. The van der Waals surface area contributed by atoms with Crippen LogP contribution in [0, 0.1) is 11.8 Å². The summed E-state index contributed by atoms with van der Waals surface area (Å²) in [6.07, 6.45) is 7.28. The Balaban J connectivity index is 0.999. The number of benzene rings is 2. The van der Waals surface area contributed by atoms with E-state index in [4.69, 9.17) is 39.5 Å². The number of nitrogens with zero attached hydrogens (tertiary/aromatic N) is 4. The second-order valence-electron chi connectivity index (χ2n) is 16.7. The number of nitrogens with one attached hydrogen (secondary N) is 3. The maximum atomic E-state index is 13.5. The van der Waals surface area contributed by atoms with Crippen LogP contribution in [0.2, 0.25) is 0 Å². The lowest BCUT2D eigenvalue weighted by atomic mass is 9.86. The van der Waals surface area contributed by atoms with Crippen LogP contribution in [0.25, 0.3) is 33.7 Å². The van der Waals surface area contributed by atoms with Gasteiger partial charge in [-0.2, -0.15) is 5.48 Å². The normalized spacial score (nSPS) is 22.1. The van der Waals surface area contributed by atoms with Crippen LogP contribution < -0.4 is 20.7 Å². The van der Waals surface area contributed by atoms with Gasteiger partial charge in [0.15, 0.2) is 0 Å². The van der Waals surface area contributed by atoms with E-state index < -0.39 is 12.5 Å². The van der Waals surface area contributed by atoms with E-state index in [9.17, 15) is 4.79 Å². The van der Waals surface area contributed by atoms with E-state index in [0.717, 1.165) is 107 Å². The summed E-state index contributed by atoms with van der Waals surface area (Å²) in [6, 6.07) is 12.2. The molecule has 5 N–H and O–H groups in total. The Morgan fingerprint density at radius 1 is 0.931 bits per heavy atom. The van der Waals surface area contributed by atoms with Crippen LogP contribution in [-0.2, 0) is 19.1 Å². The second-order valence-corrected chi connectivity index (χ2v) is 16.7. The molecule has 4 aromatic rings. The summed E-state index contributed by atoms with van der Waals surface area (Å²) in [6.45, 7) is 12.5. The smallest absolute Gasteiger partial charge is 0.242 e. The van der Waals surface area contributed by atoms with Gasteiger partial charge >= 0.3 is 0 Å². The van der Waals surface area contributed by atoms with Gasteiger partial charge in [-0.25, -0.2) is 9.97 Å². The number of fused-ring (bicyclic) bond motifs is 4. The highest BCUT2D eigenvalue weighted by molar-refractivity contribution is 5.99.